The van der Waals surface area contributed by atoms with Crippen molar-refractivity contribution in [2.45, 2.75) is 19.9 Å². The predicted molar refractivity (Wildman–Crippen MR) is 113 cm³/mol. The van der Waals surface area contributed by atoms with Crippen molar-refractivity contribution in [1.82, 2.24) is 14.7 Å². The molecule has 0 saturated heterocycles. The average Bonchev–Trinajstić information content (AvgIpc) is 2.73. The Labute approximate surface area is 174 Å². The molecule has 150 valence electrons. The van der Waals surface area contributed by atoms with Gasteiger partial charge in [0.1, 0.15) is 5.75 Å². The molecule has 1 atom stereocenters. The number of aryl methyl sites for hydroxylation is 1. The molecule has 0 aliphatic rings. The van der Waals surface area contributed by atoms with Crippen molar-refractivity contribution in [2.24, 2.45) is 0 Å². The summed E-state index contributed by atoms with van der Waals surface area (Å²) in [7, 11) is 3.22. The molecule has 2 aromatic carbocycles. The highest BCUT2D eigenvalue weighted by Gasteiger charge is 2.25. The van der Waals surface area contributed by atoms with E-state index in [2.05, 4.69) is 5.10 Å². The van der Waals surface area contributed by atoms with E-state index in [1.807, 2.05) is 37.3 Å². The summed E-state index contributed by atoms with van der Waals surface area (Å²) < 4.78 is 6.91. The summed E-state index contributed by atoms with van der Waals surface area (Å²) in [6.45, 7) is 3.61. The van der Waals surface area contributed by atoms with Crippen LogP contribution in [0.3, 0.4) is 0 Å². The number of hydrogen-bond acceptors (Lipinski definition) is 4. The van der Waals surface area contributed by atoms with Crippen LogP contribution >= 0.6 is 11.6 Å². The Kier molecular flexibility index (Phi) is 6.03. The van der Waals surface area contributed by atoms with Gasteiger partial charge in [-0.1, -0.05) is 41.9 Å². The fourth-order valence-electron chi connectivity index (χ4n) is 3.13. The lowest BCUT2D eigenvalue weighted by atomic mass is 10.1. The van der Waals surface area contributed by atoms with Crippen LogP contribution in [0.15, 0.2) is 59.4 Å². The number of carbonyl (C=O) groups excluding carboxylic acids is 1. The number of aromatic nitrogens is 2. The second kappa shape index (κ2) is 8.49. The number of halogens is 1. The zero-order valence-electron chi connectivity index (χ0n) is 16.7. The highest BCUT2D eigenvalue weighted by Crippen LogP contribution is 2.28. The molecule has 3 rings (SSSR count). The van der Waals surface area contributed by atoms with Crippen molar-refractivity contribution in [2.75, 3.05) is 14.2 Å². The maximum Gasteiger partial charge on any atom is 0.278 e. The molecule has 0 N–H and O–H groups in total. The van der Waals surface area contributed by atoms with E-state index in [-0.39, 0.29) is 11.7 Å². The van der Waals surface area contributed by atoms with Crippen LogP contribution in [-0.4, -0.2) is 34.7 Å². The lowest BCUT2D eigenvalue weighted by Crippen LogP contribution is -2.35. The summed E-state index contributed by atoms with van der Waals surface area (Å²) in [5.41, 5.74) is 1.42. The van der Waals surface area contributed by atoms with Crippen molar-refractivity contribution >= 4 is 17.5 Å². The zero-order chi connectivity index (χ0) is 21.1. The molecular formula is C22H22ClN3O3. The highest BCUT2D eigenvalue weighted by molar-refractivity contribution is 6.32. The Balaban J connectivity index is 2.02. The van der Waals surface area contributed by atoms with Crippen LogP contribution in [-0.2, 0) is 0 Å². The molecule has 7 heteroatoms. The molecule has 6 nitrogen and oxygen atoms in total. The van der Waals surface area contributed by atoms with Crippen LogP contribution in [0.5, 0.6) is 5.75 Å². The van der Waals surface area contributed by atoms with Gasteiger partial charge in [0, 0.05) is 24.4 Å². The van der Waals surface area contributed by atoms with Gasteiger partial charge >= 0.3 is 0 Å². The van der Waals surface area contributed by atoms with Crippen LogP contribution in [0.25, 0.3) is 5.69 Å². The van der Waals surface area contributed by atoms with Gasteiger partial charge in [0.2, 0.25) is 5.43 Å². The smallest absolute Gasteiger partial charge is 0.278 e. The van der Waals surface area contributed by atoms with Gasteiger partial charge in [0.15, 0.2) is 5.69 Å². The summed E-state index contributed by atoms with van der Waals surface area (Å²) in [6, 6.07) is 15.7. The van der Waals surface area contributed by atoms with Crippen molar-refractivity contribution in [1.29, 1.82) is 0 Å². The molecule has 0 bridgehead atoms. The first-order chi connectivity index (χ1) is 13.8. The summed E-state index contributed by atoms with van der Waals surface area (Å²) in [4.78, 5) is 27.2. The minimum absolute atomic E-state index is 0.167. The van der Waals surface area contributed by atoms with Gasteiger partial charge in [-0.05, 0) is 32.0 Å². The van der Waals surface area contributed by atoms with E-state index in [0.717, 1.165) is 5.56 Å². The van der Waals surface area contributed by atoms with E-state index in [1.165, 1.54) is 15.6 Å². The fraction of sp³-hybridized carbons (Fsp3) is 0.227. The highest BCUT2D eigenvalue weighted by atomic mass is 35.5. The Morgan fingerprint density at radius 3 is 2.52 bits per heavy atom. The average molecular weight is 412 g/mol. The number of ether oxygens (including phenoxy) is 1. The van der Waals surface area contributed by atoms with Gasteiger partial charge in [0.25, 0.3) is 5.91 Å². The van der Waals surface area contributed by atoms with E-state index in [9.17, 15) is 9.59 Å². The molecule has 0 radical (unpaired) electrons. The largest absolute Gasteiger partial charge is 0.496 e. The first-order valence-corrected chi connectivity index (χ1v) is 9.49. The third kappa shape index (κ3) is 4.03. The number of benzene rings is 2. The van der Waals surface area contributed by atoms with Crippen molar-refractivity contribution in [3.05, 3.63) is 86.8 Å². The number of hydrogen-bond donors (Lipinski definition) is 0. The van der Waals surface area contributed by atoms with Crippen molar-refractivity contribution in [3.8, 4) is 11.4 Å². The fourth-order valence-corrected chi connectivity index (χ4v) is 3.34. The number of carbonyl (C=O) groups is 1. The summed E-state index contributed by atoms with van der Waals surface area (Å²) in [5.74, 6) is 0.194. The Morgan fingerprint density at radius 1 is 1.17 bits per heavy atom. The molecule has 1 aromatic heterocycles. The molecular weight excluding hydrogens is 390 g/mol. The standard InChI is InChI=1S/C22H22ClN3O3/c1-14-13-19(27)21(24-26(14)18-11-7-6-10-17(18)23)22(28)25(3)15(2)16-9-5-8-12-20(16)29-4/h5-13,15H,1-4H3. The molecule has 29 heavy (non-hydrogen) atoms. The molecule has 1 unspecified atom stereocenters. The van der Waals surface area contributed by atoms with Gasteiger partial charge in [-0.3, -0.25) is 9.59 Å². The Morgan fingerprint density at radius 2 is 1.83 bits per heavy atom. The third-order valence-electron chi connectivity index (χ3n) is 4.88. The SMILES string of the molecule is COc1ccccc1C(C)N(C)C(=O)c1nn(-c2ccccc2Cl)c(C)cc1=O. The summed E-state index contributed by atoms with van der Waals surface area (Å²) in [5, 5.41) is 4.81. The second-order valence-electron chi connectivity index (χ2n) is 6.70. The summed E-state index contributed by atoms with van der Waals surface area (Å²) in [6.07, 6.45) is 0. The maximum atomic E-state index is 13.1. The molecule has 0 aliphatic carbocycles. The lowest BCUT2D eigenvalue weighted by molar-refractivity contribution is 0.0731. The van der Waals surface area contributed by atoms with Crippen molar-refractivity contribution < 1.29 is 9.53 Å². The monoisotopic (exact) mass is 411 g/mol. The Hall–Kier alpha value is -3.12. The van der Waals surface area contributed by atoms with Gasteiger partial charge in [0.05, 0.1) is 23.9 Å². The van der Waals surface area contributed by atoms with Crippen LogP contribution in [0, 0.1) is 6.92 Å². The summed E-state index contributed by atoms with van der Waals surface area (Å²) >= 11 is 6.28. The lowest BCUT2D eigenvalue weighted by Gasteiger charge is -2.26. The molecule has 0 saturated carbocycles. The van der Waals surface area contributed by atoms with Gasteiger partial charge < -0.3 is 9.64 Å². The number of rotatable bonds is 5. The maximum absolute atomic E-state index is 13.1. The van der Waals surface area contributed by atoms with Gasteiger partial charge in [-0.2, -0.15) is 5.10 Å². The van der Waals surface area contributed by atoms with Crippen molar-refractivity contribution in [3.63, 3.8) is 0 Å². The number of methoxy groups -OCH3 is 1. The molecule has 1 amide bonds. The van der Waals surface area contributed by atoms with E-state index >= 15 is 0 Å². The van der Waals surface area contributed by atoms with Crippen LogP contribution in [0.2, 0.25) is 5.02 Å². The molecule has 0 aliphatic heterocycles. The number of nitrogens with zero attached hydrogens (tertiary/aromatic N) is 3. The van der Waals surface area contributed by atoms with E-state index in [0.29, 0.717) is 22.2 Å². The van der Waals surface area contributed by atoms with E-state index in [1.54, 1.807) is 39.3 Å². The van der Waals surface area contributed by atoms with Crippen LogP contribution in [0.4, 0.5) is 0 Å². The van der Waals surface area contributed by atoms with E-state index in [4.69, 9.17) is 16.3 Å². The first-order valence-electron chi connectivity index (χ1n) is 9.11. The molecule has 3 aromatic rings. The number of para-hydroxylation sites is 2. The molecule has 0 fully saturated rings. The predicted octanol–water partition coefficient (Wildman–Crippen LogP) is 4.04. The normalized spacial score (nSPS) is 11.8. The van der Waals surface area contributed by atoms with Crippen LogP contribution < -0.4 is 10.2 Å². The molecule has 0 spiro atoms. The second-order valence-corrected chi connectivity index (χ2v) is 7.10. The van der Waals surface area contributed by atoms with E-state index < -0.39 is 11.3 Å². The van der Waals surface area contributed by atoms with Gasteiger partial charge in [-0.15, -0.1) is 0 Å². The minimum atomic E-state index is -0.478. The topological polar surface area (TPSA) is 64.4 Å². The first kappa shape index (κ1) is 20.6. The Bertz CT molecular complexity index is 1110. The molecule has 1 heterocycles. The number of amides is 1. The minimum Gasteiger partial charge on any atom is -0.496 e. The van der Waals surface area contributed by atoms with Crippen LogP contribution in [0.1, 0.15) is 34.7 Å². The van der Waals surface area contributed by atoms with Gasteiger partial charge in [-0.25, -0.2) is 4.68 Å². The zero-order valence-corrected chi connectivity index (χ0v) is 17.5. The quantitative estimate of drug-likeness (QED) is 0.635. The third-order valence-corrected chi connectivity index (χ3v) is 5.20.